The van der Waals surface area contributed by atoms with E-state index in [1.54, 1.807) is 15.8 Å². The predicted molar refractivity (Wildman–Crippen MR) is 69.4 cm³/mol. The second kappa shape index (κ2) is 5.06. The molecule has 2 heterocycles. The fourth-order valence-electron chi connectivity index (χ4n) is 2.27. The zero-order chi connectivity index (χ0) is 12.5. The van der Waals surface area contributed by atoms with Crippen LogP contribution in [0.5, 0.6) is 0 Å². The third-order valence-electron chi connectivity index (χ3n) is 3.23. The molecule has 0 aliphatic carbocycles. The Balaban J connectivity index is 2.29. The van der Waals surface area contributed by atoms with Gasteiger partial charge in [-0.25, -0.2) is 8.42 Å². The Morgan fingerprint density at radius 3 is 2.94 bits per heavy atom. The molecule has 0 amide bonds. The number of sulfonamides is 1. The van der Waals surface area contributed by atoms with Gasteiger partial charge < -0.3 is 5.73 Å². The minimum Gasteiger partial charge on any atom is -0.326 e. The molecule has 0 spiro atoms. The Labute approximate surface area is 106 Å². The summed E-state index contributed by atoms with van der Waals surface area (Å²) >= 11 is 1.41. The minimum atomic E-state index is -3.30. The Kier molecular flexibility index (Phi) is 3.87. The van der Waals surface area contributed by atoms with Gasteiger partial charge in [-0.2, -0.15) is 4.31 Å². The van der Waals surface area contributed by atoms with Gasteiger partial charge in [0.1, 0.15) is 0 Å². The first-order valence-corrected chi connectivity index (χ1v) is 8.21. The molecular weight excluding hydrogens is 256 g/mol. The first-order valence-electron chi connectivity index (χ1n) is 5.89. The monoisotopic (exact) mass is 274 g/mol. The van der Waals surface area contributed by atoms with Gasteiger partial charge in [0.05, 0.1) is 4.90 Å². The van der Waals surface area contributed by atoms with Crippen molar-refractivity contribution in [2.45, 2.75) is 43.7 Å². The summed E-state index contributed by atoms with van der Waals surface area (Å²) in [6, 6.07) is 1.87. The molecule has 96 valence electrons. The molecule has 1 aromatic heterocycles. The van der Waals surface area contributed by atoms with Gasteiger partial charge in [-0.15, -0.1) is 11.3 Å². The highest BCUT2D eigenvalue weighted by Crippen LogP contribution is 2.29. The summed E-state index contributed by atoms with van der Waals surface area (Å²) in [6.45, 7) is 3.09. The normalized spacial score (nSPS) is 22.1. The smallest absolute Gasteiger partial charge is 0.244 e. The second-order valence-corrected chi connectivity index (χ2v) is 7.16. The Hall–Kier alpha value is -0.430. The molecular formula is C11H18N2O2S2. The van der Waals surface area contributed by atoms with Crippen LogP contribution in [0.4, 0.5) is 0 Å². The zero-order valence-electron chi connectivity index (χ0n) is 9.93. The fraction of sp³-hybridized carbons (Fsp3) is 0.636. The minimum absolute atomic E-state index is 0.168. The van der Waals surface area contributed by atoms with Crippen LogP contribution in [-0.2, 0) is 16.6 Å². The van der Waals surface area contributed by atoms with Gasteiger partial charge in [-0.3, -0.25) is 0 Å². The van der Waals surface area contributed by atoms with E-state index in [4.69, 9.17) is 5.73 Å². The molecule has 4 nitrogen and oxygen atoms in total. The summed E-state index contributed by atoms with van der Waals surface area (Å²) in [7, 11) is -3.30. The molecule has 1 saturated heterocycles. The summed E-state index contributed by atoms with van der Waals surface area (Å²) in [5.74, 6) is 0. The van der Waals surface area contributed by atoms with Gasteiger partial charge >= 0.3 is 0 Å². The molecule has 1 unspecified atom stereocenters. The number of nitrogens with two attached hydrogens (primary N) is 1. The predicted octanol–water partition coefficient (Wildman–Crippen LogP) is 1.77. The Morgan fingerprint density at radius 2 is 2.35 bits per heavy atom. The lowest BCUT2D eigenvalue weighted by molar-refractivity contribution is 0.380. The lowest BCUT2D eigenvalue weighted by atomic mass is 10.2. The highest BCUT2D eigenvalue weighted by Gasteiger charge is 2.34. The van der Waals surface area contributed by atoms with Crippen LogP contribution in [-0.4, -0.2) is 25.3 Å². The Bertz CT molecular complexity index is 481. The van der Waals surface area contributed by atoms with Crippen LogP contribution in [0.15, 0.2) is 16.3 Å². The topological polar surface area (TPSA) is 63.4 Å². The maximum atomic E-state index is 12.4. The second-order valence-electron chi connectivity index (χ2n) is 4.27. The number of thiophene rings is 1. The highest BCUT2D eigenvalue weighted by molar-refractivity contribution is 7.89. The van der Waals surface area contributed by atoms with Gasteiger partial charge in [-0.05, 0) is 25.3 Å². The molecule has 2 N–H and O–H groups in total. The van der Waals surface area contributed by atoms with Crippen LogP contribution in [0.1, 0.15) is 31.1 Å². The molecule has 2 rings (SSSR count). The molecule has 0 saturated carbocycles. The van der Waals surface area contributed by atoms with Crippen LogP contribution in [0.3, 0.4) is 0 Å². The lowest BCUT2D eigenvalue weighted by Crippen LogP contribution is -2.34. The summed E-state index contributed by atoms with van der Waals surface area (Å²) in [5, 5.41) is 1.70. The summed E-state index contributed by atoms with van der Waals surface area (Å²) in [6.07, 6.45) is 2.82. The van der Waals surface area contributed by atoms with Crippen molar-refractivity contribution >= 4 is 21.4 Å². The molecule has 6 heteroatoms. The van der Waals surface area contributed by atoms with E-state index in [1.807, 2.05) is 6.92 Å². The van der Waals surface area contributed by atoms with E-state index in [-0.39, 0.29) is 6.04 Å². The van der Waals surface area contributed by atoms with E-state index in [0.717, 1.165) is 24.1 Å². The van der Waals surface area contributed by atoms with E-state index in [2.05, 4.69) is 0 Å². The summed E-state index contributed by atoms with van der Waals surface area (Å²) in [4.78, 5) is 1.32. The first kappa shape index (κ1) is 13.0. The average molecular weight is 274 g/mol. The van der Waals surface area contributed by atoms with Crippen molar-refractivity contribution < 1.29 is 8.42 Å². The molecule has 1 aliphatic heterocycles. The van der Waals surface area contributed by atoms with E-state index in [9.17, 15) is 8.42 Å². The van der Waals surface area contributed by atoms with Crippen molar-refractivity contribution in [3.63, 3.8) is 0 Å². The van der Waals surface area contributed by atoms with Gasteiger partial charge in [0.25, 0.3) is 0 Å². The van der Waals surface area contributed by atoms with E-state index >= 15 is 0 Å². The summed E-state index contributed by atoms with van der Waals surface area (Å²) < 4.78 is 26.5. The SMILES string of the molecule is CCC1CCCN1S(=O)(=O)c1csc(CN)c1. The van der Waals surface area contributed by atoms with Crippen molar-refractivity contribution in [3.05, 3.63) is 16.3 Å². The molecule has 0 bridgehead atoms. The van der Waals surface area contributed by atoms with Crippen molar-refractivity contribution in [2.24, 2.45) is 5.73 Å². The maximum absolute atomic E-state index is 12.4. The van der Waals surface area contributed by atoms with Crippen molar-refractivity contribution in [1.29, 1.82) is 0 Å². The van der Waals surface area contributed by atoms with Crippen molar-refractivity contribution in [3.8, 4) is 0 Å². The van der Waals surface area contributed by atoms with Crippen LogP contribution in [0.25, 0.3) is 0 Å². The number of nitrogens with zero attached hydrogens (tertiary/aromatic N) is 1. The standard InChI is InChI=1S/C11H18N2O2S2/c1-2-9-4-3-5-13(9)17(14,15)11-6-10(7-12)16-8-11/h6,8-9H,2-5,7,12H2,1H3. The van der Waals surface area contributed by atoms with Crippen LogP contribution in [0, 0.1) is 0 Å². The molecule has 0 radical (unpaired) electrons. The third kappa shape index (κ3) is 2.40. The largest absolute Gasteiger partial charge is 0.326 e. The highest BCUT2D eigenvalue weighted by atomic mass is 32.2. The van der Waals surface area contributed by atoms with Gasteiger partial charge in [-0.1, -0.05) is 6.92 Å². The number of hydrogen-bond acceptors (Lipinski definition) is 4. The van der Waals surface area contributed by atoms with E-state index in [0.29, 0.717) is 18.0 Å². The van der Waals surface area contributed by atoms with Crippen LogP contribution in [0.2, 0.25) is 0 Å². The summed E-state index contributed by atoms with van der Waals surface area (Å²) in [5.41, 5.74) is 5.52. The molecule has 1 aromatic rings. The van der Waals surface area contributed by atoms with Crippen LogP contribution >= 0.6 is 11.3 Å². The van der Waals surface area contributed by atoms with E-state index in [1.165, 1.54) is 11.3 Å². The Morgan fingerprint density at radius 1 is 1.59 bits per heavy atom. The first-order chi connectivity index (χ1) is 8.09. The zero-order valence-corrected chi connectivity index (χ0v) is 11.6. The van der Waals surface area contributed by atoms with E-state index < -0.39 is 10.0 Å². The lowest BCUT2D eigenvalue weighted by Gasteiger charge is -2.22. The number of hydrogen-bond donors (Lipinski definition) is 1. The fourth-order valence-corrected chi connectivity index (χ4v) is 5.18. The van der Waals surface area contributed by atoms with Crippen LogP contribution < -0.4 is 5.73 Å². The quantitative estimate of drug-likeness (QED) is 0.910. The van der Waals surface area contributed by atoms with Crippen molar-refractivity contribution in [1.82, 2.24) is 4.31 Å². The van der Waals surface area contributed by atoms with Crippen molar-refractivity contribution in [2.75, 3.05) is 6.54 Å². The number of rotatable bonds is 4. The van der Waals surface area contributed by atoms with Gasteiger partial charge in [0.15, 0.2) is 0 Å². The average Bonchev–Trinajstić information content (AvgIpc) is 2.97. The molecule has 17 heavy (non-hydrogen) atoms. The molecule has 0 aromatic carbocycles. The maximum Gasteiger partial charge on any atom is 0.244 e. The van der Waals surface area contributed by atoms with Gasteiger partial charge in [0, 0.05) is 29.4 Å². The molecule has 1 fully saturated rings. The molecule has 1 atom stereocenters. The molecule has 1 aliphatic rings. The van der Waals surface area contributed by atoms with Gasteiger partial charge in [0.2, 0.25) is 10.0 Å². The third-order valence-corrected chi connectivity index (χ3v) is 6.27.